The van der Waals surface area contributed by atoms with E-state index in [1.165, 1.54) is 0 Å². The summed E-state index contributed by atoms with van der Waals surface area (Å²) in [6.07, 6.45) is 2.80. The minimum atomic E-state index is -1.00. The summed E-state index contributed by atoms with van der Waals surface area (Å²) in [4.78, 5) is 23.2. The van der Waals surface area contributed by atoms with Crippen LogP contribution in [0.5, 0.6) is 0 Å². The first-order valence-electron chi connectivity index (χ1n) is 7.41. The third-order valence-corrected chi connectivity index (χ3v) is 3.83. The first-order valence-corrected chi connectivity index (χ1v) is 7.41. The lowest BCUT2D eigenvalue weighted by molar-refractivity contribution is -0.141. The number of carboxylic acids is 1. The number of benzene rings is 1. The van der Waals surface area contributed by atoms with Gasteiger partial charge in [-0.2, -0.15) is 0 Å². The Hall–Kier alpha value is -2.30. The number of fused-ring (bicyclic) bond motifs is 1. The number of furan rings is 1. The number of aliphatic carboxylic acids is 1. The topological polar surface area (TPSA) is 79.5 Å². The molecule has 0 fully saturated rings. The van der Waals surface area contributed by atoms with Crippen molar-refractivity contribution in [1.29, 1.82) is 0 Å². The summed E-state index contributed by atoms with van der Waals surface area (Å²) >= 11 is 0. The second-order valence-electron chi connectivity index (χ2n) is 5.62. The van der Waals surface area contributed by atoms with Crippen LogP contribution in [0.2, 0.25) is 0 Å². The van der Waals surface area contributed by atoms with E-state index in [0.29, 0.717) is 12.8 Å². The van der Waals surface area contributed by atoms with Crippen LogP contribution >= 0.6 is 0 Å². The molecule has 0 saturated carbocycles. The highest BCUT2D eigenvalue weighted by atomic mass is 16.4. The van der Waals surface area contributed by atoms with Crippen LogP contribution in [0.15, 0.2) is 22.8 Å². The predicted molar refractivity (Wildman–Crippen MR) is 83.9 cm³/mol. The third kappa shape index (κ3) is 3.47. The lowest BCUT2D eigenvalue weighted by atomic mass is 10.0. The van der Waals surface area contributed by atoms with Gasteiger partial charge in [0.05, 0.1) is 12.7 Å². The predicted octanol–water partition coefficient (Wildman–Crippen LogP) is 2.96. The Bertz CT molecular complexity index is 702. The second kappa shape index (κ2) is 6.64. The van der Waals surface area contributed by atoms with Gasteiger partial charge >= 0.3 is 5.97 Å². The maximum absolute atomic E-state index is 12.1. The minimum Gasteiger partial charge on any atom is -0.480 e. The molecule has 0 aliphatic heterocycles. The zero-order valence-corrected chi connectivity index (χ0v) is 13.1. The van der Waals surface area contributed by atoms with Crippen LogP contribution in [0.3, 0.4) is 0 Å². The smallest absolute Gasteiger partial charge is 0.326 e. The van der Waals surface area contributed by atoms with Gasteiger partial charge in [0.2, 0.25) is 5.91 Å². The summed E-state index contributed by atoms with van der Waals surface area (Å²) in [5.41, 5.74) is 3.78. The Balaban J connectivity index is 2.15. The van der Waals surface area contributed by atoms with Crippen molar-refractivity contribution >= 4 is 22.8 Å². The van der Waals surface area contributed by atoms with E-state index in [4.69, 9.17) is 9.52 Å². The van der Waals surface area contributed by atoms with Gasteiger partial charge < -0.3 is 14.8 Å². The van der Waals surface area contributed by atoms with Gasteiger partial charge in [0.15, 0.2) is 0 Å². The van der Waals surface area contributed by atoms with Crippen LogP contribution in [0.4, 0.5) is 0 Å². The van der Waals surface area contributed by atoms with Crippen LogP contribution in [0.25, 0.3) is 11.0 Å². The van der Waals surface area contributed by atoms with Crippen molar-refractivity contribution in [1.82, 2.24) is 5.32 Å². The number of nitrogens with one attached hydrogen (secondary N) is 1. The molecule has 0 radical (unpaired) electrons. The van der Waals surface area contributed by atoms with Gasteiger partial charge in [-0.05, 0) is 43.5 Å². The summed E-state index contributed by atoms with van der Waals surface area (Å²) in [6.45, 7) is 5.90. The highest BCUT2D eigenvalue weighted by Gasteiger charge is 2.20. The molecule has 0 saturated heterocycles. The molecule has 2 aromatic rings. The molecule has 1 amide bonds. The summed E-state index contributed by atoms with van der Waals surface area (Å²) in [7, 11) is 0. The molecule has 0 aliphatic rings. The molecule has 0 aliphatic carbocycles. The zero-order chi connectivity index (χ0) is 16.3. The minimum absolute atomic E-state index is 0.114. The number of hydrogen-bond acceptors (Lipinski definition) is 3. The van der Waals surface area contributed by atoms with Crippen LogP contribution in [0, 0.1) is 13.8 Å². The molecule has 0 bridgehead atoms. The van der Waals surface area contributed by atoms with Gasteiger partial charge in [-0.15, -0.1) is 0 Å². The molecular formula is C17H21NO4. The van der Waals surface area contributed by atoms with E-state index in [0.717, 1.165) is 27.7 Å². The van der Waals surface area contributed by atoms with Gasteiger partial charge in [0.1, 0.15) is 11.6 Å². The van der Waals surface area contributed by atoms with Crippen molar-refractivity contribution in [2.75, 3.05) is 0 Å². The highest BCUT2D eigenvalue weighted by molar-refractivity contribution is 5.90. The summed E-state index contributed by atoms with van der Waals surface area (Å²) in [6, 6.07) is 3.11. The number of carbonyl (C=O) groups excluding carboxylic acids is 1. The van der Waals surface area contributed by atoms with Gasteiger partial charge in [0.25, 0.3) is 0 Å². The standard InChI is InChI=1S/C17H21NO4/c1-4-5-14(17(20)21)18-16(19)8-12-9-22-15-7-11(3)10(2)6-13(12)15/h6-7,9,14H,4-5,8H2,1-3H3,(H,18,19)(H,20,21). The molecule has 5 heteroatoms. The van der Waals surface area contributed by atoms with Crippen molar-refractivity contribution in [2.45, 2.75) is 46.1 Å². The fourth-order valence-corrected chi connectivity index (χ4v) is 2.44. The Morgan fingerprint density at radius 2 is 1.95 bits per heavy atom. The zero-order valence-electron chi connectivity index (χ0n) is 13.1. The number of amides is 1. The Morgan fingerprint density at radius 3 is 2.59 bits per heavy atom. The van der Waals surface area contributed by atoms with Crippen molar-refractivity contribution in [3.05, 3.63) is 35.1 Å². The highest BCUT2D eigenvalue weighted by Crippen LogP contribution is 2.25. The average Bonchev–Trinajstić information content (AvgIpc) is 2.81. The lowest BCUT2D eigenvalue weighted by Gasteiger charge is -2.13. The summed E-state index contributed by atoms with van der Waals surface area (Å²) in [5.74, 6) is -1.31. The van der Waals surface area contributed by atoms with Gasteiger partial charge in [-0.3, -0.25) is 4.79 Å². The largest absolute Gasteiger partial charge is 0.480 e. The van der Waals surface area contributed by atoms with Crippen molar-refractivity contribution in [3.8, 4) is 0 Å². The van der Waals surface area contributed by atoms with E-state index in [1.54, 1.807) is 6.26 Å². The summed E-state index contributed by atoms with van der Waals surface area (Å²) < 4.78 is 5.49. The van der Waals surface area contributed by atoms with Gasteiger partial charge in [-0.1, -0.05) is 13.3 Å². The van der Waals surface area contributed by atoms with Gasteiger partial charge in [-0.25, -0.2) is 4.79 Å². The van der Waals surface area contributed by atoms with E-state index >= 15 is 0 Å². The van der Waals surface area contributed by atoms with E-state index in [1.807, 2.05) is 32.9 Å². The lowest BCUT2D eigenvalue weighted by Crippen LogP contribution is -2.41. The molecule has 2 N–H and O–H groups in total. The van der Waals surface area contributed by atoms with Crippen LogP contribution in [0.1, 0.15) is 36.5 Å². The van der Waals surface area contributed by atoms with Crippen molar-refractivity contribution in [2.24, 2.45) is 0 Å². The Labute approximate surface area is 129 Å². The normalized spacial score (nSPS) is 12.3. The van der Waals surface area contributed by atoms with E-state index in [-0.39, 0.29) is 12.3 Å². The number of carboxylic acid groups (broad SMARTS) is 1. The molecule has 22 heavy (non-hydrogen) atoms. The number of rotatable bonds is 6. The monoisotopic (exact) mass is 303 g/mol. The quantitative estimate of drug-likeness (QED) is 0.860. The van der Waals surface area contributed by atoms with Gasteiger partial charge in [0, 0.05) is 10.9 Å². The first kappa shape index (κ1) is 16.1. The van der Waals surface area contributed by atoms with Crippen LogP contribution in [-0.4, -0.2) is 23.0 Å². The molecule has 2 rings (SSSR count). The maximum atomic E-state index is 12.1. The fraction of sp³-hybridized carbons (Fsp3) is 0.412. The van der Waals surface area contributed by atoms with Crippen LogP contribution < -0.4 is 5.32 Å². The molecule has 1 aromatic carbocycles. The molecule has 1 atom stereocenters. The van der Waals surface area contributed by atoms with Crippen molar-refractivity contribution < 1.29 is 19.1 Å². The Kier molecular flexibility index (Phi) is 4.85. The maximum Gasteiger partial charge on any atom is 0.326 e. The van der Waals surface area contributed by atoms with E-state index in [2.05, 4.69) is 5.32 Å². The fourth-order valence-electron chi connectivity index (χ4n) is 2.44. The first-order chi connectivity index (χ1) is 10.4. The van der Waals surface area contributed by atoms with E-state index < -0.39 is 12.0 Å². The molecule has 5 nitrogen and oxygen atoms in total. The molecule has 118 valence electrons. The SMILES string of the molecule is CCCC(NC(=O)Cc1coc2cc(C)c(C)cc12)C(=O)O. The number of aryl methyl sites for hydroxylation is 2. The Morgan fingerprint density at radius 1 is 1.27 bits per heavy atom. The number of carbonyl (C=O) groups is 2. The third-order valence-electron chi connectivity index (χ3n) is 3.83. The van der Waals surface area contributed by atoms with Crippen molar-refractivity contribution in [3.63, 3.8) is 0 Å². The van der Waals surface area contributed by atoms with E-state index in [9.17, 15) is 9.59 Å². The molecular weight excluding hydrogens is 282 g/mol. The summed E-state index contributed by atoms with van der Waals surface area (Å²) in [5, 5.41) is 12.6. The molecule has 1 unspecified atom stereocenters. The number of hydrogen-bond donors (Lipinski definition) is 2. The van der Waals surface area contributed by atoms with Crippen LogP contribution in [-0.2, 0) is 16.0 Å². The molecule has 0 spiro atoms. The molecule has 1 aromatic heterocycles. The second-order valence-corrected chi connectivity index (χ2v) is 5.62. The molecule has 1 heterocycles. The average molecular weight is 303 g/mol.